The molecule has 0 radical (unpaired) electrons. The summed E-state index contributed by atoms with van der Waals surface area (Å²) in [6.07, 6.45) is 0. The Kier molecular flexibility index (Phi) is 3.76. The van der Waals surface area contributed by atoms with Crippen LogP contribution in [0.15, 0.2) is 33.3 Å². The van der Waals surface area contributed by atoms with Gasteiger partial charge in [0.2, 0.25) is 0 Å². The number of halogens is 2. The van der Waals surface area contributed by atoms with Gasteiger partial charge in [-0.05, 0) is 35.0 Å². The highest BCUT2D eigenvalue weighted by Crippen LogP contribution is 2.19. The molecule has 2 aromatic rings. The van der Waals surface area contributed by atoms with Crippen molar-refractivity contribution in [1.29, 1.82) is 0 Å². The molecule has 0 fully saturated rings. The smallest absolute Gasteiger partial charge is 0.255 e. The largest absolute Gasteiger partial charge is 0.359 e. The Hall–Kier alpha value is -1.69. The summed E-state index contributed by atoms with van der Waals surface area (Å²) in [4.78, 5) is 11.8. The van der Waals surface area contributed by atoms with Crippen molar-refractivity contribution in [3.63, 3.8) is 0 Å². The van der Waals surface area contributed by atoms with Gasteiger partial charge in [-0.1, -0.05) is 11.2 Å². The van der Waals surface area contributed by atoms with Gasteiger partial charge in [0.25, 0.3) is 5.91 Å². The molecular formula is C12H10BrFN2O2. The highest BCUT2D eigenvalue weighted by molar-refractivity contribution is 9.10. The second-order valence-corrected chi connectivity index (χ2v) is 4.57. The van der Waals surface area contributed by atoms with E-state index >= 15 is 0 Å². The minimum atomic E-state index is -0.573. The van der Waals surface area contributed by atoms with Gasteiger partial charge in [-0.3, -0.25) is 4.79 Å². The molecule has 0 unspecified atom stereocenters. The minimum absolute atomic E-state index is 0.0197. The molecule has 0 aliphatic rings. The first-order chi connectivity index (χ1) is 8.58. The summed E-state index contributed by atoms with van der Waals surface area (Å²) in [6.45, 7) is 1.95. The molecule has 0 aliphatic heterocycles. The molecule has 6 heteroatoms. The van der Waals surface area contributed by atoms with E-state index < -0.39 is 11.7 Å². The Bertz CT molecular complexity index is 563. The number of amides is 1. The second-order valence-electron chi connectivity index (χ2n) is 3.71. The second kappa shape index (κ2) is 5.30. The Morgan fingerprint density at radius 2 is 2.33 bits per heavy atom. The molecule has 0 bridgehead atoms. The zero-order valence-corrected chi connectivity index (χ0v) is 11.1. The summed E-state index contributed by atoms with van der Waals surface area (Å²) < 4.78 is 18.9. The van der Waals surface area contributed by atoms with E-state index in [-0.39, 0.29) is 12.1 Å². The number of carbonyl (C=O) groups is 1. The van der Waals surface area contributed by atoms with Gasteiger partial charge < -0.3 is 9.84 Å². The van der Waals surface area contributed by atoms with Gasteiger partial charge in [0.15, 0.2) is 5.76 Å². The molecule has 0 saturated carbocycles. The van der Waals surface area contributed by atoms with Crippen LogP contribution in [-0.4, -0.2) is 11.1 Å². The monoisotopic (exact) mass is 312 g/mol. The van der Waals surface area contributed by atoms with E-state index in [0.717, 1.165) is 5.69 Å². The number of benzene rings is 1. The van der Waals surface area contributed by atoms with Gasteiger partial charge in [0, 0.05) is 10.5 Å². The molecule has 0 aliphatic carbocycles. The number of aromatic nitrogens is 1. The Labute approximate surface area is 111 Å². The summed E-state index contributed by atoms with van der Waals surface area (Å²) in [5, 5.41) is 6.26. The van der Waals surface area contributed by atoms with Gasteiger partial charge in [-0.15, -0.1) is 0 Å². The van der Waals surface area contributed by atoms with Crippen LogP contribution in [0.2, 0.25) is 0 Å². The minimum Gasteiger partial charge on any atom is -0.359 e. The molecule has 1 amide bonds. The number of carbonyl (C=O) groups excluding carboxylic acids is 1. The van der Waals surface area contributed by atoms with Crippen molar-refractivity contribution in [3.8, 4) is 0 Å². The summed E-state index contributed by atoms with van der Waals surface area (Å²) >= 11 is 3.14. The predicted molar refractivity (Wildman–Crippen MR) is 66.5 cm³/mol. The lowest BCUT2D eigenvalue weighted by Crippen LogP contribution is -2.24. The zero-order chi connectivity index (χ0) is 13.1. The third-order valence-corrected chi connectivity index (χ3v) is 2.95. The maximum Gasteiger partial charge on any atom is 0.255 e. The highest BCUT2D eigenvalue weighted by Gasteiger charge is 2.15. The van der Waals surface area contributed by atoms with Gasteiger partial charge in [0.1, 0.15) is 5.82 Å². The first-order valence-electron chi connectivity index (χ1n) is 5.22. The quantitative estimate of drug-likeness (QED) is 0.948. The topological polar surface area (TPSA) is 55.1 Å². The van der Waals surface area contributed by atoms with Crippen LogP contribution in [0, 0.1) is 12.7 Å². The number of rotatable bonds is 3. The van der Waals surface area contributed by atoms with E-state index in [0.29, 0.717) is 10.2 Å². The van der Waals surface area contributed by atoms with Crippen molar-refractivity contribution >= 4 is 21.8 Å². The van der Waals surface area contributed by atoms with Crippen LogP contribution in [0.3, 0.4) is 0 Å². The van der Waals surface area contributed by atoms with E-state index in [9.17, 15) is 9.18 Å². The zero-order valence-electron chi connectivity index (χ0n) is 9.54. The van der Waals surface area contributed by atoms with E-state index in [1.807, 2.05) is 0 Å². The van der Waals surface area contributed by atoms with E-state index in [1.165, 1.54) is 12.1 Å². The predicted octanol–water partition coefficient (Wildman–Crippen LogP) is 2.81. The third-order valence-electron chi connectivity index (χ3n) is 2.29. The molecule has 1 aromatic heterocycles. The van der Waals surface area contributed by atoms with E-state index in [4.69, 9.17) is 4.52 Å². The molecule has 94 valence electrons. The highest BCUT2D eigenvalue weighted by atomic mass is 79.9. The fourth-order valence-corrected chi connectivity index (χ4v) is 1.99. The molecule has 4 nitrogen and oxygen atoms in total. The molecule has 1 N–H and O–H groups in total. The fraction of sp³-hybridized carbons (Fsp3) is 0.167. The Balaban J connectivity index is 2.08. The molecule has 18 heavy (non-hydrogen) atoms. The number of aryl methyl sites for hydroxylation is 1. The van der Waals surface area contributed by atoms with Crippen LogP contribution in [0.1, 0.15) is 21.8 Å². The van der Waals surface area contributed by atoms with E-state index in [2.05, 4.69) is 26.4 Å². The standard InChI is InChI=1S/C12H10BrFN2O2/c1-7-5-8(18-16-7)6-15-12(17)11-9(13)3-2-4-10(11)14/h2-5H,6H2,1H3,(H,15,17). The molecular weight excluding hydrogens is 303 g/mol. The maximum atomic E-state index is 13.5. The molecule has 1 heterocycles. The van der Waals surface area contributed by atoms with Gasteiger partial charge in [-0.2, -0.15) is 0 Å². The van der Waals surface area contributed by atoms with Crippen molar-refractivity contribution < 1.29 is 13.7 Å². The number of nitrogens with zero attached hydrogens (tertiary/aromatic N) is 1. The molecule has 0 saturated heterocycles. The van der Waals surface area contributed by atoms with Crippen LogP contribution < -0.4 is 5.32 Å². The molecule has 0 atom stereocenters. The Morgan fingerprint density at radius 3 is 2.94 bits per heavy atom. The lowest BCUT2D eigenvalue weighted by atomic mass is 10.2. The van der Waals surface area contributed by atoms with Gasteiger partial charge in [-0.25, -0.2) is 4.39 Å². The Morgan fingerprint density at radius 1 is 1.56 bits per heavy atom. The lowest BCUT2D eigenvalue weighted by molar-refractivity contribution is 0.0942. The van der Waals surface area contributed by atoms with Crippen molar-refractivity contribution in [3.05, 3.63) is 51.6 Å². The average Bonchev–Trinajstić information content (AvgIpc) is 2.72. The molecule has 2 rings (SSSR count). The first-order valence-corrected chi connectivity index (χ1v) is 6.01. The molecule has 1 aromatic carbocycles. The van der Waals surface area contributed by atoms with Gasteiger partial charge >= 0.3 is 0 Å². The lowest BCUT2D eigenvalue weighted by Gasteiger charge is -2.06. The number of nitrogens with one attached hydrogen (secondary N) is 1. The summed E-state index contributed by atoms with van der Waals surface area (Å²) in [5.74, 6) is -0.557. The van der Waals surface area contributed by atoms with Crippen molar-refractivity contribution in [2.45, 2.75) is 13.5 Å². The van der Waals surface area contributed by atoms with Crippen LogP contribution in [0.4, 0.5) is 4.39 Å². The normalized spacial score (nSPS) is 10.4. The molecule has 0 spiro atoms. The van der Waals surface area contributed by atoms with Crippen LogP contribution in [0.25, 0.3) is 0 Å². The van der Waals surface area contributed by atoms with Crippen molar-refractivity contribution in [1.82, 2.24) is 10.5 Å². The average molecular weight is 313 g/mol. The maximum absolute atomic E-state index is 13.5. The summed E-state index contributed by atoms with van der Waals surface area (Å²) in [6, 6.07) is 6.07. The number of hydrogen-bond acceptors (Lipinski definition) is 3. The van der Waals surface area contributed by atoms with Gasteiger partial charge in [0.05, 0.1) is 17.8 Å². The van der Waals surface area contributed by atoms with E-state index in [1.54, 1.807) is 19.1 Å². The third kappa shape index (κ3) is 2.76. The summed E-state index contributed by atoms with van der Waals surface area (Å²) in [7, 11) is 0. The summed E-state index contributed by atoms with van der Waals surface area (Å²) in [5.41, 5.74) is 0.708. The van der Waals surface area contributed by atoms with Crippen LogP contribution in [0.5, 0.6) is 0 Å². The SMILES string of the molecule is Cc1cc(CNC(=O)c2c(F)cccc2Br)on1. The first kappa shape index (κ1) is 12.8. The number of hydrogen-bond donors (Lipinski definition) is 1. The van der Waals surface area contributed by atoms with Crippen molar-refractivity contribution in [2.24, 2.45) is 0 Å². The van der Waals surface area contributed by atoms with Crippen LogP contribution in [-0.2, 0) is 6.54 Å². The fourth-order valence-electron chi connectivity index (χ4n) is 1.47. The van der Waals surface area contributed by atoms with Crippen LogP contribution >= 0.6 is 15.9 Å². The van der Waals surface area contributed by atoms with Crippen molar-refractivity contribution in [2.75, 3.05) is 0 Å².